The number of rotatable bonds is 4. The van der Waals surface area contributed by atoms with Gasteiger partial charge in [0.25, 0.3) is 0 Å². The van der Waals surface area contributed by atoms with Crippen molar-refractivity contribution in [1.29, 1.82) is 0 Å². The first-order chi connectivity index (χ1) is 6.15. The minimum absolute atomic E-state index is 0.184. The summed E-state index contributed by atoms with van der Waals surface area (Å²) in [6.07, 6.45) is 1.03. The van der Waals surface area contributed by atoms with E-state index in [-0.39, 0.29) is 5.91 Å². The van der Waals surface area contributed by atoms with Gasteiger partial charge >= 0.3 is 0 Å². The van der Waals surface area contributed by atoms with E-state index in [1.807, 2.05) is 4.90 Å². The van der Waals surface area contributed by atoms with Crippen molar-refractivity contribution >= 4 is 5.91 Å². The quantitative estimate of drug-likeness (QED) is 0.642. The Hall–Kier alpha value is -0.610. The molecule has 4 nitrogen and oxygen atoms in total. The first-order valence-corrected chi connectivity index (χ1v) is 4.81. The number of hydrogen-bond donors (Lipinski definition) is 1. The van der Waals surface area contributed by atoms with Gasteiger partial charge in [-0.15, -0.1) is 0 Å². The highest BCUT2D eigenvalue weighted by Gasteiger charge is 2.30. The molecule has 1 aliphatic heterocycles. The summed E-state index contributed by atoms with van der Waals surface area (Å²) in [4.78, 5) is 15.0. The number of amides is 1. The van der Waals surface area contributed by atoms with Gasteiger partial charge < -0.3 is 10.6 Å². The first-order valence-electron chi connectivity index (χ1n) is 4.81. The van der Waals surface area contributed by atoms with Crippen LogP contribution in [0, 0.1) is 0 Å². The number of carbonyl (C=O) groups excluding carboxylic acids is 1. The predicted molar refractivity (Wildman–Crippen MR) is 52.3 cm³/mol. The van der Waals surface area contributed by atoms with Crippen molar-refractivity contribution < 1.29 is 4.79 Å². The molecule has 1 amide bonds. The molecule has 0 unspecified atom stereocenters. The maximum absolute atomic E-state index is 10.9. The van der Waals surface area contributed by atoms with Crippen molar-refractivity contribution in [2.45, 2.75) is 19.4 Å². The average Bonchev–Trinajstić information content (AvgIpc) is 1.97. The lowest BCUT2D eigenvalue weighted by atomic mass is 10.1. The summed E-state index contributed by atoms with van der Waals surface area (Å²) < 4.78 is 0. The van der Waals surface area contributed by atoms with Gasteiger partial charge in [0.1, 0.15) is 0 Å². The number of nitrogens with two attached hydrogens (primary N) is 1. The molecule has 2 N–H and O–H groups in total. The number of carbonyl (C=O) groups is 1. The van der Waals surface area contributed by atoms with E-state index >= 15 is 0 Å². The molecule has 1 fully saturated rings. The van der Waals surface area contributed by atoms with Crippen molar-refractivity contribution in [3.05, 3.63) is 0 Å². The van der Waals surface area contributed by atoms with Crippen LogP contribution in [0.15, 0.2) is 0 Å². The van der Waals surface area contributed by atoms with E-state index in [1.54, 1.807) is 6.92 Å². The standard InChI is InChI=1S/C9H19N3O/c1-8(13)12-6-9(7-12)11(2)5-3-4-10/h9H,3-7,10H2,1-2H3. The van der Waals surface area contributed by atoms with Gasteiger partial charge in [-0.2, -0.15) is 0 Å². The van der Waals surface area contributed by atoms with E-state index in [0.29, 0.717) is 6.04 Å². The van der Waals surface area contributed by atoms with Gasteiger partial charge in [0.15, 0.2) is 0 Å². The summed E-state index contributed by atoms with van der Waals surface area (Å²) in [7, 11) is 2.10. The fourth-order valence-corrected chi connectivity index (χ4v) is 1.51. The van der Waals surface area contributed by atoms with E-state index in [1.165, 1.54) is 0 Å². The zero-order valence-corrected chi connectivity index (χ0v) is 8.49. The highest BCUT2D eigenvalue weighted by Crippen LogP contribution is 2.13. The number of hydrogen-bond acceptors (Lipinski definition) is 3. The second kappa shape index (κ2) is 4.58. The van der Waals surface area contributed by atoms with Crippen LogP contribution >= 0.6 is 0 Å². The molecule has 1 rings (SSSR count). The highest BCUT2D eigenvalue weighted by atomic mass is 16.2. The average molecular weight is 185 g/mol. The van der Waals surface area contributed by atoms with Crippen LogP contribution < -0.4 is 5.73 Å². The summed E-state index contributed by atoms with van der Waals surface area (Å²) in [5, 5.41) is 0. The molecule has 4 heteroatoms. The SMILES string of the molecule is CC(=O)N1CC(N(C)CCCN)C1. The summed E-state index contributed by atoms with van der Waals surface area (Å²) in [5.74, 6) is 0.184. The number of likely N-dealkylation sites (N-methyl/N-ethyl adjacent to an activating group) is 1. The molecule has 0 aromatic carbocycles. The van der Waals surface area contributed by atoms with Crippen molar-refractivity contribution in [2.75, 3.05) is 33.2 Å². The normalized spacial score (nSPS) is 17.7. The molecule has 1 saturated heterocycles. The van der Waals surface area contributed by atoms with Gasteiger partial charge in [-0.25, -0.2) is 0 Å². The zero-order valence-electron chi connectivity index (χ0n) is 8.49. The van der Waals surface area contributed by atoms with Gasteiger partial charge in [0, 0.05) is 26.1 Å². The molecular weight excluding hydrogens is 166 g/mol. The van der Waals surface area contributed by atoms with Crippen LogP contribution in [0.25, 0.3) is 0 Å². The molecule has 1 aliphatic rings. The van der Waals surface area contributed by atoms with Crippen LogP contribution in [0.4, 0.5) is 0 Å². The Morgan fingerprint density at radius 1 is 1.62 bits per heavy atom. The molecule has 1 heterocycles. The number of likely N-dealkylation sites (tertiary alicyclic amines) is 1. The van der Waals surface area contributed by atoms with E-state index in [0.717, 1.165) is 32.6 Å². The molecule has 13 heavy (non-hydrogen) atoms. The highest BCUT2D eigenvalue weighted by molar-refractivity contribution is 5.74. The monoisotopic (exact) mass is 185 g/mol. The van der Waals surface area contributed by atoms with E-state index in [9.17, 15) is 4.79 Å². The van der Waals surface area contributed by atoms with Crippen LogP contribution in [-0.2, 0) is 4.79 Å². The summed E-state index contributed by atoms with van der Waals surface area (Å²) >= 11 is 0. The number of nitrogens with zero attached hydrogens (tertiary/aromatic N) is 2. The smallest absolute Gasteiger partial charge is 0.219 e. The van der Waals surface area contributed by atoms with Crippen LogP contribution in [0.5, 0.6) is 0 Å². The largest absolute Gasteiger partial charge is 0.340 e. The summed E-state index contributed by atoms with van der Waals surface area (Å²) in [6, 6.07) is 0.551. The minimum Gasteiger partial charge on any atom is -0.340 e. The Kier molecular flexibility index (Phi) is 3.69. The molecule has 0 aromatic rings. The molecule has 0 aliphatic carbocycles. The Labute approximate surface area is 79.7 Å². The predicted octanol–water partition coefficient (Wildman–Crippen LogP) is -0.502. The van der Waals surface area contributed by atoms with Crippen molar-refractivity contribution in [3.8, 4) is 0 Å². The molecule has 0 aromatic heterocycles. The van der Waals surface area contributed by atoms with E-state index < -0.39 is 0 Å². The molecule has 0 saturated carbocycles. The fourth-order valence-electron chi connectivity index (χ4n) is 1.51. The topological polar surface area (TPSA) is 49.6 Å². The summed E-state index contributed by atoms with van der Waals surface area (Å²) in [6.45, 7) is 5.17. The van der Waals surface area contributed by atoms with Crippen molar-refractivity contribution in [1.82, 2.24) is 9.80 Å². The fraction of sp³-hybridized carbons (Fsp3) is 0.889. The van der Waals surface area contributed by atoms with Gasteiger partial charge in [-0.3, -0.25) is 9.69 Å². The van der Waals surface area contributed by atoms with Crippen LogP contribution in [0.1, 0.15) is 13.3 Å². The maximum Gasteiger partial charge on any atom is 0.219 e. The lowest BCUT2D eigenvalue weighted by Gasteiger charge is -2.43. The zero-order chi connectivity index (χ0) is 9.84. The van der Waals surface area contributed by atoms with Gasteiger partial charge in [0.05, 0.1) is 0 Å². The molecule has 76 valence electrons. The Morgan fingerprint density at radius 3 is 2.69 bits per heavy atom. The summed E-state index contributed by atoms with van der Waals surface area (Å²) in [5.41, 5.74) is 5.42. The Balaban J connectivity index is 2.15. The third-order valence-electron chi connectivity index (χ3n) is 2.65. The molecule has 0 atom stereocenters. The van der Waals surface area contributed by atoms with Gasteiger partial charge in [-0.05, 0) is 26.6 Å². The Bertz CT molecular complexity index is 178. The van der Waals surface area contributed by atoms with Gasteiger partial charge in [0.2, 0.25) is 5.91 Å². The Morgan fingerprint density at radius 2 is 2.23 bits per heavy atom. The first kappa shape index (κ1) is 10.5. The lowest BCUT2D eigenvalue weighted by molar-refractivity contribution is -0.135. The minimum atomic E-state index is 0.184. The van der Waals surface area contributed by atoms with Gasteiger partial charge in [-0.1, -0.05) is 0 Å². The van der Waals surface area contributed by atoms with Crippen LogP contribution in [-0.4, -0.2) is 55.0 Å². The van der Waals surface area contributed by atoms with E-state index in [4.69, 9.17) is 5.73 Å². The third kappa shape index (κ3) is 2.67. The maximum atomic E-state index is 10.9. The lowest BCUT2D eigenvalue weighted by Crippen LogP contribution is -2.59. The molecule has 0 spiro atoms. The molecule has 0 bridgehead atoms. The van der Waals surface area contributed by atoms with Crippen LogP contribution in [0.2, 0.25) is 0 Å². The van der Waals surface area contributed by atoms with Crippen molar-refractivity contribution in [3.63, 3.8) is 0 Å². The molecular formula is C9H19N3O. The third-order valence-corrected chi connectivity index (χ3v) is 2.65. The van der Waals surface area contributed by atoms with Crippen LogP contribution in [0.3, 0.4) is 0 Å². The van der Waals surface area contributed by atoms with Crippen molar-refractivity contribution in [2.24, 2.45) is 5.73 Å². The van der Waals surface area contributed by atoms with E-state index in [2.05, 4.69) is 11.9 Å². The second-order valence-corrected chi connectivity index (χ2v) is 3.70. The second-order valence-electron chi connectivity index (χ2n) is 3.70. The molecule has 0 radical (unpaired) electrons.